The van der Waals surface area contributed by atoms with Crippen molar-refractivity contribution in [2.45, 2.75) is 65.0 Å². The van der Waals surface area contributed by atoms with Gasteiger partial charge in [-0.05, 0) is 38.5 Å². The number of hydrogen-bond acceptors (Lipinski definition) is 2. The van der Waals surface area contributed by atoms with Crippen molar-refractivity contribution >= 4 is 17.0 Å². The SMILES string of the molecule is CCC1CCC(CC)C(SC(=O)N(CC)CC)C1. The van der Waals surface area contributed by atoms with Gasteiger partial charge in [-0.25, -0.2) is 0 Å². The number of hydrogen-bond donors (Lipinski definition) is 0. The van der Waals surface area contributed by atoms with Crippen molar-refractivity contribution in [1.29, 1.82) is 0 Å². The van der Waals surface area contributed by atoms with Gasteiger partial charge >= 0.3 is 0 Å². The number of rotatable bonds is 5. The first-order chi connectivity index (χ1) is 8.65. The van der Waals surface area contributed by atoms with E-state index in [1.807, 2.05) is 4.90 Å². The molecule has 3 heteroatoms. The Labute approximate surface area is 117 Å². The van der Waals surface area contributed by atoms with Gasteiger partial charge < -0.3 is 4.90 Å². The Hall–Kier alpha value is -0.180. The average molecular weight is 271 g/mol. The highest BCUT2D eigenvalue weighted by Gasteiger charge is 2.31. The molecule has 1 aliphatic carbocycles. The van der Waals surface area contributed by atoms with Gasteiger partial charge in [0.1, 0.15) is 0 Å². The molecule has 0 radical (unpaired) electrons. The molecule has 1 aliphatic rings. The summed E-state index contributed by atoms with van der Waals surface area (Å²) in [6.45, 7) is 10.4. The fourth-order valence-electron chi connectivity index (χ4n) is 2.94. The maximum Gasteiger partial charge on any atom is 0.281 e. The Morgan fingerprint density at radius 1 is 1.11 bits per heavy atom. The molecule has 3 atom stereocenters. The Morgan fingerprint density at radius 3 is 2.28 bits per heavy atom. The molecule has 0 spiro atoms. The number of nitrogens with zero attached hydrogens (tertiary/aromatic N) is 1. The largest absolute Gasteiger partial charge is 0.334 e. The van der Waals surface area contributed by atoms with E-state index in [9.17, 15) is 4.79 Å². The van der Waals surface area contributed by atoms with E-state index in [2.05, 4.69) is 27.7 Å². The highest BCUT2D eigenvalue weighted by molar-refractivity contribution is 8.14. The fraction of sp³-hybridized carbons (Fsp3) is 0.933. The molecule has 1 fully saturated rings. The average Bonchev–Trinajstić information content (AvgIpc) is 2.40. The van der Waals surface area contributed by atoms with E-state index in [0.717, 1.165) is 24.9 Å². The molecule has 0 aromatic rings. The zero-order valence-corrected chi connectivity index (χ0v) is 13.3. The van der Waals surface area contributed by atoms with Crippen molar-refractivity contribution in [1.82, 2.24) is 4.90 Å². The smallest absolute Gasteiger partial charge is 0.281 e. The van der Waals surface area contributed by atoms with Crippen LogP contribution < -0.4 is 0 Å². The van der Waals surface area contributed by atoms with Crippen LogP contribution in [-0.2, 0) is 0 Å². The molecule has 18 heavy (non-hydrogen) atoms. The third-order valence-electron chi connectivity index (χ3n) is 4.41. The molecule has 1 saturated carbocycles. The summed E-state index contributed by atoms with van der Waals surface area (Å²) in [6, 6.07) is 0. The van der Waals surface area contributed by atoms with Crippen molar-refractivity contribution < 1.29 is 4.79 Å². The molecule has 0 aliphatic heterocycles. The second kappa shape index (κ2) is 8.08. The van der Waals surface area contributed by atoms with Gasteiger partial charge in [-0.2, -0.15) is 0 Å². The second-order valence-electron chi connectivity index (χ2n) is 5.35. The number of carbonyl (C=O) groups excluding carboxylic acids is 1. The lowest BCUT2D eigenvalue weighted by Gasteiger charge is -2.35. The van der Waals surface area contributed by atoms with Gasteiger partial charge in [0.15, 0.2) is 0 Å². The minimum absolute atomic E-state index is 0.292. The maximum absolute atomic E-state index is 12.2. The van der Waals surface area contributed by atoms with Crippen LogP contribution in [0.15, 0.2) is 0 Å². The molecular formula is C15H29NOS. The highest BCUT2D eigenvalue weighted by atomic mass is 32.2. The van der Waals surface area contributed by atoms with Gasteiger partial charge in [0.25, 0.3) is 5.24 Å². The van der Waals surface area contributed by atoms with E-state index >= 15 is 0 Å². The maximum atomic E-state index is 12.2. The molecule has 1 rings (SSSR count). The zero-order chi connectivity index (χ0) is 13.5. The standard InChI is InChI=1S/C15H29NOS/c1-5-12-9-10-13(6-2)14(11-12)18-15(17)16(7-3)8-4/h12-14H,5-11H2,1-4H3. The predicted octanol–water partition coefficient (Wildman–Crippen LogP) is 4.79. The minimum atomic E-state index is 0.292. The molecule has 0 N–H and O–H groups in total. The quantitative estimate of drug-likeness (QED) is 0.717. The van der Waals surface area contributed by atoms with Gasteiger partial charge in [-0.3, -0.25) is 4.79 Å². The summed E-state index contributed by atoms with van der Waals surface area (Å²) in [5.74, 6) is 1.59. The normalized spacial score (nSPS) is 28.1. The fourth-order valence-corrected chi connectivity index (χ4v) is 4.50. The van der Waals surface area contributed by atoms with Crippen LogP contribution in [0, 0.1) is 11.8 Å². The molecule has 2 nitrogen and oxygen atoms in total. The summed E-state index contributed by atoms with van der Waals surface area (Å²) >= 11 is 1.62. The van der Waals surface area contributed by atoms with E-state index in [1.54, 1.807) is 11.8 Å². The van der Waals surface area contributed by atoms with Crippen LogP contribution >= 0.6 is 11.8 Å². The van der Waals surface area contributed by atoms with Crippen molar-refractivity contribution in [2.24, 2.45) is 11.8 Å². The van der Waals surface area contributed by atoms with Crippen LogP contribution in [0.3, 0.4) is 0 Å². The Morgan fingerprint density at radius 2 is 1.78 bits per heavy atom. The van der Waals surface area contributed by atoms with Crippen molar-refractivity contribution in [3.63, 3.8) is 0 Å². The summed E-state index contributed by atoms with van der Waals surface area (Å²) in [6.07, 6.45) is 6.42. The van der Waals surface area contributed by atoms with Gasteiger partial charge in [0.2, 0.25) is 0 Å². The van der Waals surface area contributed by atoms with Crippen LogP contribution in [0.25, 0.3) is 0 Å². The molecule has 0 bridgehead atoms. The summed E-state index contributed by atoms with van der Waals surface area (Å²) in [7, 11) is 0. The van der Waals surface area contributed by atoms with Crippen LogP contribution in [0.5, 0.6) is 0 Å². The van der Waals surface area contributed by atoms with Crippen molar-refractivity contribution in [3.05, 3.63) is 0 Å². The number of carbonyl (C=O) groups is 1. The van der Waals surface area contributed by atoms with Crippen molar-refractivity contribution in [2.75, 3.05) is 13.1 Å². The van der Waals surface area contributed by atoms with E-state index in [-0.39, 0.29) is 0 Å². The molecule has 0 saturated heterocycles. The van der Waals surface area contributed by atoms with Crippen molar-refractivity contribution in [3.8, 4) is 0 Å². The zero-order valence-electron chi connectivity index (χ0n) is 12.4. The lowest BCUT2D eigenvalue weighted by molar-refractivity contribution is 0.227. The summed E-state index contributed by atoms with van der Waals surface area (Å²) in [4.78, 5) is 14.2. The topological polar surface area (TPSA) is 20.3 Å². The van der Waals surface area contributed by atoms with Gasteiger partial charge in [0.05, 0.1) is 0 Å². The molecule has 106 valence electrons. The summed E-state index contributed by atoms with van der Waals surface area (Å²) < 4.78 is 0. The predicted molar refractivity (Wildman–Crippen MR) is 81.1 cm³/mol. The molecule has 1 amide bonds. The Kier molecular flexibility index (Phi) is 7.13. The second-order valence-corrected chi connectivity index (χ2v) is 6.54. The lowest BCUT2D eigenvalue weighted by atomic mass is 9.79. The first-order valence-electron chi connectivity index (χ1n) is 7.61. The lowest BCUT2D eigenvalue weighted by Crippen LogP contribution is -2.33. The first-order valence-corrected chi connectivity index (χ1v) is 8.49. The molecular weight excluding hydrogens is 242 g/mol. The summed E-state index contributed by atoms with van der Waals surface area (Å²) in [5, 5.41) is 0.849. The highest BCUT2D eigenvalue weighted by Crippen LogP contribution is 2.40. The van der Waals surface area contributed by atoms with Gasteiger partial charge in [-0.15, -0.1) is 0 Å². The van der Waals surface area contributed by atoms with Gasteiger partial charge in [-0.1, -0.05) is 44.9 Å². The van der Waals surface area contributed by atoms with Gasteiger partial charge in [0, 0.05) is 18.3 Å². The van der Waals surface area contributed by atoms with Crippen LogP contribution in [0.1, 0.15) is 59.8 Å². The molecule has 0 aromatic heterocycles. The Bertz CT molecular complexity index is 253. The van der Waals surface area contributed by atoms with Crippen LogP contribution in [0.2, 0.25) is 0 Å². The van der Waals surface area contributed by atoms with E-state index in [1.165, 1.54) is 32.1 Å². The third-order valence-corrected chi connectivity index (χ3v) is 5.75. The van der Waals surface area contributed by atoms with E-state index in [4.69, 9.17) is 0 Å². The minimum Gasteiger partial charge on any atom is -0.334 e. The van der Waals surface area contributed by atoms with E-state index in [0.29, 0.717) is 10.5 Å². The third kappa shape index (κ3) is 4.18. The number of amides is 1. The first kappa shape index (κ1) is 15.9. The number of thioether (sulfide) groups is 1. The van der Waals surface area contributed by atoms with E-state index < -0.39 is 0 Å². The summed E-state index contributed by atoms with van der Waals surface area (Å²) in [5.41, 5.74) is 0. The molecule has 0 heterocycles. The van der Waals surface area contributed by atoms with Crippen LogP contribution in [-0.4, -0.2) is 28.5 Å². The van der Waals surface area contributed by atoms with Crippen LogP contribution in [0.4, 0.5) is 4.79 Å². The molecule has 3 unspecified atom stereocenters. The molecule has 0 aromatic carbocycles. The Balaban J connectivity index is 2.57. The monoisotopic (exact) mass is 271 g/mol.